The molecule has 26 heavy (non-hydrogen) atoms. The first kappa shape index (κ1) is 19.4. The van der Waals surface area contributed by atoms with Crippen molar-refractivity contribution in [2.75, 3.05) is 7.11 Å². The van der Waals surface area contributed by atoms with Gasteiger partial charge in [0.25, 0.3) is 0 Å². The van der Waals surface area contributed by atoms with Gasteiger partial charge in [0.05, 0.1) is 18.2 Å². The zero-order valence-corrected chi connectivity index (χ0v) is 15.0. The number of hydrogen-bond acceptors (Lipinski definition) is 5. The first-order valence-corrected chi connectivity index (χ1v) is 8.24. The maximum Gasteiger partial charge on any atom is 0.337 e. The second-order valence-electron chi connectivity index (χ2n) is 5.83. The van der Waals surface area contributed by atoms with Crippen molar-refractivity contribution in [2.45, 2.75) is 33.3 Å². The molecular weight excluding hydrogens is 339 g/mol. The zero-order chi connectivity index (χ0) is 19.3. The molecule has 5 nitrogen and oxygen atoms in total. The molecule has 0 aliphatic heterocycles. The highest BCUT2D eigenvalue weighted by molar-refractivity contribution is 5.97. The lowest BCUT2D eigenvalue weighted by Crippen LogP contribution is -2.06. The van der Waals surface area contributed by atoms with Gasteiger partial charge in [-0.3, -0.25) is 4.79 Å². The number of carbonyl (C=O) groups is 2. The van der Waals surface area contributed by atoms with E-state index in [1.807, 2.05) is 6.92 Å². The second kappa shape index (κ2) is 8.47. The lowest BCUT2D eigenvalue weighted by molar-refractivity contribution is 0.0600. The Morgan fingerprint density at radius 2 is 1.92 bits per heavy atom. The molecule has 2 aromatic carbocycles. The Hall–Kier alpha value is -2.89. The molecule has 0 aliphatic carbocycles. The Kier molecular flexibility index (Phi) is 6.33. The Balaban J connectivity index is 2.25. The number of Topliss-reactive ketones (excluding diaryl/α,β-unsaturated/α-hetero) is 1. The summed E-state index contributed by atoms with van der Waals surface area (Å²) in [4.78, 5) is 23.0. The number of phenols is 1. The summed E-state index contributed by atoms with van der Waals surface area (Å²) in [7, 11) is 1.23. The number of halogens is 1. The molecule has 0 bridgehead atoms. The lowest BCUT2D eigenvalue weighted by atomic mass is 10.0. The number of rotatable bonds is 7. The van der Waals surface area contributed by atoms with Gasteiger partial charge in [-0.2, -0.15) is 0 Å². The highest BCUT2D eigenvalue weighted by Gasteiger charge is 2.17. The number of carbonyl (C=O) groups excluding carboxylic acids is 2. The molecule has 2 aromatic rings. The van der Waals surface area contributed by atoms with Crippen LogP contribution in [0.15, 0.2) is 30.3 Å². The van der Waals surface area contributed by atoms with Crippen molar-refractivity contribution in [1.82, 2.24) is 0 Å². The van der Waals surface area contributed by atoms with E-state index in [-0.39, 0.29) is 34.8 Å². The third-order valence-corrected chi connectivity index (χ3v) is 3.98. The van der Waals surface area contributed by atoms with Crippen LogP contribution in [-0.2, 0) is 17.8 Å². The number of phenolic OH excluding ortho intramolecular Hbond substituents is 1. The van der Waals surface area contributed by atoms with E-state index in [4.69, 9.17) is 4.74 Å². The van der Waals surface area contributed by atoms with Crippen LogP contribution in [0, 0.1) is 5.82 Å². The monoisotopic (exact) mass is 360 g/mol. The van der Waals surface area contributed by atoms with Gasteiger partial charge in [0, 0.05) is 11.1 Å². The molecule has 0 unspecified atom stereocenters. The minimum atomic E-state index is -0.619. The standard InChI is InChI=1S/C20H21FO5/c1-4-5-16-18(9-8-15(12(2)22)19(16)23)26-11-14-7-6-13(10-17(14)21)20(24)25-3/h6-10,23H,4-5,11H2,1-3H3. The lowest BCUT2D eigenvalue weighted by Gasteiger charge is -2.15. The molecule has 0 atom stereocenters. The van der Waals surface area contributed by atoms with Gasteiger partial charge in [0.1, 0.15) is 23.9 Å². The third-order valence-electron chi connectivity index (χ3n) is 3.98. The van der Waals surface area contributed by atoms with Crippen LogP contribution in [0.25, 0.3) is 0 Å². The number of esters is 1. The van der Waals surface area contributed by atoms with Crippen LogP contribution in [0.5, 0.6) is 11.5 Å². The van der Waals surface area contributed by atoms with Crippen LogP contribution in [-0.4, -0.2) is 24.0 Å². The molecule has 6 heteroatoms. The summed E-state index contributed by atoms with van der Waals surface area (Å²) in [5, 5.41) is 10.3. The van der Waals surface area contributed by atoms with Gasteiger partial charge >= 0.3 is 5.97 Å². The van der Waals surface area contributed by atoms with Gasteiger partial charge in [-0.15, -0.1) is 0 Å². The molecular formula is C20H21FO5. The largest absolute Gasteiger partial charge is 0.507 e. The third kappa shape index (κ3) is 4.20. The zero-order valence-electron chi connectivity index (χ0n) is 15.0. The topological polar surface area (TPSA) is 72.8 Å². The Labute approximate surface area is 151 Å². The van der Waals surface area contributed by atoms with E-state index < -0.39 is 11.8 Å². The summed E-state index contributed by atoms with van der Waals surface area (Å²) in [6.45, 7) is 3.24. The molecule has 0 spiro atoms. The Morgan fingerprint density at radius 3 is 2.50 bits per heavy atom. The minimum Gasteiger partial charge on any atom is -0.507 e. The fourth-order valence-electron chi connectivity index (χ4n) is 2.59. The van der Waals surface area contributed by atoms with Crippen LogP contribution in [0.1, 0.15) is 52.1 Å². The first-order chi connectivity index (χ1) is 12.4. The van der Waals surface area contributed by atoms with Crippen LogP contribution < -0.4 is 4.74 Å². The van der Waals surface area contributed by atoms with Gasteiger partial charge in [0.2, 0.25) is 0 Å². The van der Waals surface area contributed by atoms with Gasteiger partial charge in [0.15, 0.2) is 5.78 Å². The van der Waals surface area contributed by atoms with Gasteiger partial charge in [-0.05, 0) is 37.6 Å². The fourth-order valence-corrected chi connectivity index (χ4v) is 2.59. The number of ketones is 1. The number of aromatic hydroxyl groups is 1. The van der Waals surface area contributed by atoms with E-state index in [1.54, 1.807) is 6.07 Å². The van der Waals surface area contributed by atoms with Crippen molar-refractivity contribution in [1.29, 1.82) is 0 Å². The quantitative estimate of drug-likeness (QED) is 0.596. The minimum absolute atomic E-state index is 0.0805. The molecule has 0 fully saturated rings. The summed E-state index contributed by atoms with van der Waals surface area (Å²) in [5.74, 6) is -1.15. The fraction of sp³-hybridized carbons (Fsp3) is 0.300. The number of methoxy groups -OCH3 is 1. The van der Waals surface area contributed by atoms with E-state index in [0.717, 1.165) is 12.5 Å². The Morgan fingerprint density at radius 1 is 1.19 bits per heavy atom. The van der Waals surface area contributed by atoms with Crippen LogP contribution in [0.4, 0.5) is 4.39 Å². The maximum atomic E-state index is 14.2. The first-order valence-electron chi connectivity index (χ1n) is 8.24. The van der Waals surface area contributed by atoms with Crippen molar-refractivity contribution in [3.8, 4) is 11.5 Å². The summed E-state index contributed by atoms with van der Waals surface area (Å²) >= 11 is 0. The molecule has 0 aromatic heterocycles. The molecule has 1 N–H and O–H groups in total. The SMILES string of the molecule is CCCc1c(OCc2ccc(C(=O)OC)cc2F)ccc(C(C)=O)c1O. The summed E-state index contributed by atoms with van der Waals surface area (Å²) < 4.78 is 24.4. The number of hydrogen-bond donors (Lipinski definition) is 1. The van der Waals surface area contributed by atoms with E-state index in [2.05, 4.69) is 4.74 Å². The van der Waals surface area contributed by atoms with E-state index >= 15 is 0 Å². The van der Waals surface area contributed by atoms with Crippen LogP contribution >= 0.6 is 0 Å². The Bertz CT molecular complexity index is 829. The molecule has 0 radical (unpaired) electrons. The van der Waals surface area contributed by atoms with E-state index in [0.29, 0.717) is 17.7 Å². The summed E-state index contributed by atoms with van der Waals surface area (Å²) in [6, 6.07) is 7.08. The molecule has 0 aliphatic rings. The molecule has 2 rings (SSSR count). The van der Waals surface area contributed by atoms with Crippen molar-refractivity contribution in [2.24, 2.45) is 0 Å². The van der Waals surface area contributed by atoms with Crippen LogP contribution in [0.2, 0.25) is 0 Å². The molecule has 0 saturated carbocycles. The predicted molar refractivity (Wildman–Crippen MR) is 94.2 cm³/mol. The maximum absolute atomic E-state index is 14.2. The van der Waals surface area contributed by atoms with E-state index in [1.165, 1.54) is 32.2 Å². The number of benzene rings is 2. The van der Waals surface area contributed by atoms with Crippen LogP contribution in [0.3, 0.4) is 0 Å². The van der Waals surface area contributed by atoms with Gasteiger partial charge < -0.3 is 14.6 Å². The predicted octanol–water partition coefficient (Wildman–Crippen LogP) is 4.05. The molecule has 0 amide bonds. The highest BCUT2D eigenvalue weighted by atomic mass is 19.1. The average molecular weight is 360 g/mol. The van der Waals surface area contributed by atoms with Crippen molar-refractivity contribution in [3.63, 3.8) is 0 Å². The van der Waals surface area contributed by atoms with E-state index in [9.17, 15) is 19.1 Å². The highest BCUT2D eigenvalue weighted by Crippen LogP contribution is 2.33. The summed E-state index contributed by atoms with van der Waals surface area (Å²) in [6.07, 6.45) is 1.26. The van der Waals surface area contributed by atoms with Gasteiger partial charge in [-0.25, -0.2) is 9.18 Å². The summed E-state index contributed by atoms with van der Waals surface area (Å²) in [5.41, 5.74) is 1.13. The average Bonchev–Trinajstić information content (AvgIpc) is 2.62. The van der Waals surface area contributed by atoms with Crippen molar-refractivity contribution >= 4 is 11.8 Å². The van der Waals surface area contributed by atoms with Crippen molar-refractivity contribution in [3.05, 3.63) is 58.4 Å². The van der Waals surface area contributed by atoms with Gasteiger partial charge in [-0.1, -0.05) is 19.4 Å². The second-order valence-corrected chi connectivity index (χ2v) is 5.83. The van der Waals surface area contributed by atoms with Crippen molar-refractivity contribution < 1.29 is 28.6 Å². The normalized spacial score (nSPS) is 10.5. The smallest absolute Gasteiger partial charge is 0.337 e. The molecule has 0 saturated heterocycles. The molecule has 138 valence electrons. The molecule has 0 heterocycles. The number of ether oxygens (including phenoxy) is 2.